The Morgan fingerprint density at radius 2 is 1.93 bits per heavy atom. The van der Waals surface area contributed by atoms with Crippen molar-refractivity contribution in [2.45, 2.75) is 10.6 Å². The average molecular weight is 216 g/mol. The predicted molar refractivity (Wildman–Crippen MR) is 64.7 cm³/mol. The summed E-state index contributed by atoms with van der Waals surface area (Å²) in [6, 6.07) is 12.2. The van der Waals surface area contributed by atoms with Crippen LogP contribution in [-0.4, -0.2) is 4.98 Å². The molecule has 0 bridgehead atoms. The minimum Gasteiger partial charge on any atom is -0.398 e. The number of nitrogen functional groups attached to an aromatic ring is 1. The maximum absolute atomic E-state index is 5.82. The topological polar surface area (TPSA) is 38.9 Å². The van der Waals surface area contributed by atoms with Crippen molar-refractivity contribution in [3.8, 4) is 0 Å². The van der Waals surface area contributed by atoms with Crippen LogP contribution in [0, 0.1) is 0 Å². The number of nitrogens with two attached hydrogens (primary N) is 1. The quantitative estimate of drug-likeness (QED) is 0.802. The Labute approximate surface area is 93.5 Å². The van der Waals surface area contributed by atoms with Gasteiger partial charge in [0.2, 0.25) is 0 Å². The molecule has 0 spiro atoms. The van der Waals surface area contributed by atoms with Crippen LogP contribution < -0.4 is 5.73 Å². The molecule has 2 nitrogen and oxygen atoms in total. The van der Waals surface area contributed by atoms with E-state index < -0.39 is 0 Å². The highest BCUT2D eigenvalue weighted by Gasteiger charge is 1.99. The molecule has 1 heterocycles. The molecule has 0 fully saturated rings. The van der Waals surface area contributed by atoms with Crippen LogP contribution in [0.4, 0.5) is 5.69 Å². The van der Waals surface area contributed by atoms with E-state index in [2.05, 4.69) is 17.1 Å². The molecule has 1 aromatic carbocycles. The van der Waals surface area contributed by atoms with Crippen molar-refractivity contribution >= 4 is 17.4 Å². The monoisotopic (exact) mass is 216 g/mol. The van der Waals surface area contributed by atoms with Crippen molar-refractivity contribution in [1.29, 1.82) is 0 Å². The molecular formula is C12H12N2S. The maximum Gasteiger partial charge on any atom is 0.0489 e. The molecule has 15 heavy (non-hydrogen) atoms. The molecule has 0 radical (unpaired) electrons. The highest BCUT2D eigenvalue weighted by atomic mass is 32.2. The van der Waals surface area contributed by atoms with Crippen LogP contribution in [0.15, 0.2) is 53.7 Å². The van der Waals surface area contributed by atoms with Gasteiger partial charge in [0.15, 0.2) is 0 Å². The molecule has 76 valence electrons. The van der Waals surface area contributed by atoms with Gasteiger partial charge in [-0.25, -0.2) is 0 Å². The summed E-state index contributed by atoms with van der Waals surface area (Å²) in [5, 5.41) is 0. The number of rotatable bonds is 3. The Morgan fingerprint density at radius 1 is 1.13 bits per heavy atom. The van der Waals surface area contributed by atoms with Crippen molar-refractivity contribution in [1.82, 2.24) is 4.98 Å². The average Bonchev–Trinajstić information content (AvgIpc) is 2.29. The van der Waals surface area contributed by atoms with Crippen molar-refractivity contribution in [3.63, 3.8) is 0 Å². The van der Waals surface area contributed by atoms with Gasteiger partial charge in [-0.1, -0.05) is 30.3 Å². The second kappa shape index (κ2) is 4.84. The fraction of sp³-hybridized carbons (Fsp3) is 0.0833. The number of benzene rings is 1. The second-order valence-electron chi connectivity index (χ2n) is 3.19. The van der Waals surface area contributed by atoms with Gasteiger partial charge in [0.1, 0.15) is 0 Å². The van der Waals surface area contributed by atoms with Gasteiger partial charge in [-0.15, -0.1) is 11.8 Å². The van der Waals surface area contributed by atoms with E-state index >= 15 is 0 Å². The molecule has 2 aromatic rings. The Hall–Kier alpha value is -1.48. The molecule has 1 aromatic heterocycles. The summed E-state index contributed by atoms with van der Waals surface area (Å²) < 4.78 is 0. The zero-order valence-corrected chi connectivity index (χ0v) is 9.08. The fourth-order valence-corrected chi connectivity index (χ4v) is 2.13. The van der Waals surface area contributed by atoms with Crippen LogP contribution in [-0.2, 0) is 5.75 Å². The van der Waals surface area contributed by atoms with Crippen molar-refractivity contribution in [2.24, 2.45) is 0 Å². The van der Waals surface area contributed by atoms with Gasteiger partial charge in [-0.3, -0.25) is 4.98 Å². The Balaban J connectivity index is 2.03. The Morgan fingerprint density at radius 3 is 2.67 bits per heavy atom. The van der Waals surface area contributed by atoms with Crippen molar-refractivity contribution in [3.05, 3.63) is 54.4 Å². The minimum atomic E-state index is 0.797. The summed E-state index contributed by atoms with van der Waals surface area (Å²) in [6.45, 7) is 0. The fourth-order valence-electron chi connectivity index (χ4n) is 1.25. The Kier molecular flexibility index (Phi) is 3.25. The van der Waals surface area contributed by atoms with Crippen LogP contribution in [0.25, 0.3) is 0 Å². The van der Waals surface area contributed by atoms with E-state index in [0.29, 0.717) is 0 Å². The molecule has 0 aliphatic carbocycles. The molecule has 0 saturated carbocycles. The first-order valence-corrected chi connectivity index (χ1v) is 5.71. The van der Waals surface area contributed by atoms with E-state index in [0.717, 1.165) is 16.3 Å². The second-order valence-corrected chi connectivity index (χ2v) is 4.20. The summed E-state index contributed by atoms with van der Waals surface area (Å²) in [5.41, 5.74) is 7.92. The van der Waals surface area contributed by atoms with Crippen LogP contribution >= 0.6 is 11.8 Å². The molecule has 2 N–H and O–H groups in total. The van der Waals surface area contributed by atoms with Gasteiger partial charge < -0.3 is 5.73 Å². The number of nitrogens with zero attached hydrogens (tertiary/aromatic N) is 1. The lowest BCUT2D eigenvalue weighted by Crippen LogP contribution is -1.89. The summed E-state index contributed by atoms with van der Waals surface area (Å²) in [6.07, 6.45) is 3.52. The summed E-state index contributed by atoms with van der Waals surface area (Å²) in [5.74, 6) is 0.927. The van der Waals surface area contributed by atoms with Gasteiger partial charge in [-0.2, -0.15) is 0 Å². The number of hydrogen-bond acceptors (Lipinski definition) is 3. The smallest absolute Gasteiger partial charge is 0.0489 e. The molecule has 0 aliphatic rings. The zero-order valence-electron chi connectivity index (χ0n) is 8.26. The SMILES string of the molecule is Nc1ccncc1SCc1ccccc1. The summed E-state index contributed by atoms with van der Waals surface area (Å²) in [4.78, 5) is 5.10. The van der Waals surface area contributed by atoms with E-state index in [-0.39, 0.29) is 0 Å². The summed E-state index contributed by atoms with van der Waals surface area (Å²) in [7, 11) is 0. The highest BCUT2D eigenvalue weighted by molar-refractivity contribution is 7.98. The number of anilines is 1. The summed E-state index contributed by atoms with van der Waals surface area (Å²) >= 11 is 1.71. The molecule has 0 saturated heterocycles. The zero-order chi connectivity index (χ0) is 10.5. The van der Waals surface area contributed by atoms with E-state index in [1.807, 2.05) is 30.5 Å². The Bertz CT molecular complexity index is 429. The van der Waals surface area contributed by atoms with E-state index in [1.54, 1.807) is 18.0 Å². The third-order valence-corrected chi connectivity index (χ3v) is 3.18. The van der Waals surface area contributed by atoms with Gasteiger partial charge in [-0.05, 0) is 11.6 Å². The molecule has 3 heteroatoms. The molecule has 2 rings (SSSR count). The van der Waals surface area contributed by atoms with Gasteiger partial charge in [0.25, 0.3) is 0 Å². The van der Waals surface area contributed by atoms with Crippen LogP contribution in [0.2, 0.25) is 0 Å². The standard InChI is InChI=1S/C12H12N2S/c13-11-6-7-14-8-12(11)15-9-10-4-2-1-3-5-10/h1-8H,9H2,(H2,13,14). The maximum atomic E-state index is 5.82. The lowest BCUT2D eigenvalue weighted by atomic mass is 10.2. The lowest BCUT2D eigenvalue weighted by molar-refractivity contribution is 1.24. The third-order valence-electron chi connectivity index (χ3n) is 2.05. The molecule has 0 amide bonds. The van der Waals surface area contributed by atoms with E-state index in [9.17, 15) is 0 Å². The highest BCUT2D eigenvalue weighted by Crippen LogP contribution is 2.26. The first-order valence-electron chi connectivity index (χ1n) is 4.72. The van der Waals surface area contributed by atoms with E-state index in [4.69, 9.17) is 5.73 Å². The molecule has 0 aliphatic heterocycles. The van der Waals surface area contributed by atoms with Gasteiger partial charge >= 0.3 is 0 Å². The van der Waals surface area contributed by atoms with Crippen LogP contribution in [0.3, 0.4) is 0 Å². The number of hydrogen-bond donors (Lipinski definition) is 1. The number of pyridine rings is 1. The van der Waals surface area contributed by atoms with Crippen LogP contribution in [0.5, 0.6) is 0 Å². The van der Waals surface area contributed by atoms with Gasteiger partial charge in [0, 0.05) is 28.7 Å². The molecule has 0 unspecified atom stereocenters. The van der Waals surface area contributed by atoms with Crippen molar-refractivity contribution in [2.75, 3.05) is 5.73 Å². The predicted octanol–water partition coefficient (Wildman–Crippen LogP) is 2.96. The van der Waals surface area contributed by atoms with E-state index in [1.165, 1.54) is 5.56 Å². The lowest BCUT2D eigenvalue weighted by Gasteiger charge is -2.03. The minimum absolute atomic E-state index is 0.797. The number of thioether (sulfide) groups is 1. The molecular weight excluding hydrogens is 204 g/mol. The van der Waals surface area contributed by atoms with Gasteiger partial charge in [0.05, 0.1) is 0 Å². The third kappa shape index (κ3) is 2.73. The first kappa shape index (κ1) is 10.1. The van der Waals surface area contributed by atoms with Crippen molar-refractivity contribution < 1.29 is 0 Å². The van der Waals surface area contributed by atoms with Crippen LogP contribution in [0.1, 0.15) is 5.56 Å². The first-order chi connectivity index (χ1) is 7.36. The molecule has 0 atom stereocenters. The normalized spacial score (nSPS) is 10.1. The number of aromatic nitrogens is 1. The largest absolute Gasteiger partial charge is 0.398 e.